The zero-order valence-corrected chi connectivity index (χ0v) is 16.1. The number of rotatable bonds is 10. The minimum absolute atomic E-state index is 0.201. The Morgan fingerprint density at radius 3 is 2.21 bits per heavy atom. The van der Waals surface area contributed by atoms with E-state index in [4.69, 9.17) is 4.74 Å². The molecule has 0 aromatic carbocycles. The van der Waals surface area contributed by atoms with E-state index in [-0.39, 0.29) is 6.04 Å². The van der Waals surface area contributed by atoms with Crippen molar-refractivity contribution in [3.63, 3.8) is 0 Å². The van der Waals surface area contributed by atoms with E-state index in [1.807, 2.05) is 39.2 Å². The standard InChI is InChI=1S/C18H34N2O4/c1-7-9-11-15(16(21)22)20(12-10-8-2)13-14(3)19-17(23)24-18(4,5)6/h14H,7-13H2,1-6H3,(H-,19,21,22,23)/p+1/t14-/m1/s1. The Bertz CT molecular complexity index is 439. The van der Waals surface area contributed by atoms with Gasteiger partial charge in [-0.05, 0) is 34.1 Å². The number of nitrogens with one attached hydrogen (secondary N) is 1. The maximum Gasteiger partial charge on any atom is 0.408 e. The molecule has 0 aliphatic rings. The summed E-state index contributed by atoms with van der Waals surface area (Å²) in [6, 6.07) is -0.201. The van der Waals surface area contributed by atoms with Gasteiger partial charge in [-0.3, -0.25) is 0 Å². The van der Waals surface area contributed by atoms with Gasteiger partial charge in [0.25, 0.3) is 5.71 Å². The number of carboxylic acids is 1. The average molecular weight is 343 g/mol. The highest BCUT2D eigenvalue weighted by molar-refractivity contribution is 6.33. The summed E-state index contributed by atoms with van der Waals surface area (Å²) < 4.78 is 7.14. The predicted octanol–water partition coefficient (Wildman–Crippen LogP) is 3.43. The smallest absolute Gasteiger partial charge is 0.408 e. The van der Waals surface area contributed by atoms with Gasteiger partial charge < -0.3 is 15.2 Å². The van der Waals surface area contributed by atoms with E-state index in [1.165, 1.54) is 0 Å². The molecule has 0 fully saturated rings. The highest BCUT2D eigenvalue weighted by Gasteiger charge is 2.25. The molecule has 0 aliphatic heterocycles. The first-order chi connectivity index (χ1) is 11.1. The fourth-order valence-corrected chi connectivity index (χ4v) is 2.31. The lowest BCUT2D eigenvalue weighted by atomic mass is 10.1. The summed E-state index contributed by atoms with van der Waals surface area (Å²) in [4.78, 5) is 23.5. The van der Waals surface area contributed by atoms with Crippen molar-refractivity contribution in [3.8, 4) is 0 Å². The van der Waals surface area contributed by atoms with E-state index in [0.29, 0.717) is 25.2 Å². The highest BCUT2D eigenvalue weighted by atomic mass is 16.6. The van der Waals surface area contributed by atoms with Gasteiger partial charge in [-0.2, -0.15) is 0 Å². The fourth-order valence-electron chi connectivity index (χ4n) is 2.31. The number of nitrogens with zero attached hydrogens (tertiary/aromatic N) is 1. The summed E-state index contributed by atoms with van der Waals surface area (Å²) in [5.74, 6) is -0.871. The van der Waals surface area contributed by atoms with Crippen LogP contribution in [0.15, 0.2) is 0 Å². The summed E-state index contributed by atoms with van der Waals surface area (Å²) in [6.45, 7) is 12.6. The maximum atomic E-state index is 11.9. The third-order valence-corrected chi connectivity index (χ3v) is 3.43. The molecule has 0 unspecified atom stereocenters. The number of hydrogen-bond acceptors (Lipinski definition) is 3. The van der Waals surface area contributed by atoms with Gasteiger partial charge in [0, 0.05) is 12.8 Å². The largest absolute Gasteiger partial charge is 0.474 e. The van der Waals surface area contributed by atoms with Crippen LogP contribution in [0, 0.1) is 0 Å². The van der Waals surface area contributed by atoms with E-state index in [2.05, 4.69) is 12.2 Å². The number of ether oxygens (including phenoxy) is 1. The normalized spacial score (nSPS) is 13.9. The molecule has 1 atom stereocenters. The van der Waals surface area contributed by atoms with Crippen LogP contribution in [0.3, 0.4) is 0 Å². The summed E-state index contributed by atoms with van der Waals surface area (Å²) in [5, 5.41) is 12.3. The van der Waals surface area contributed by atoms with Gasteiger partial charge in [0.05, 0.1) is 6.04 Å². The van der Waals surface area contributed by atoms with Crippen molar-refractivity contribution in [2.75, 3.05) is 13.1 Å². The third kappa shape index (κ3) is 10.2. The Kier molecular flexibility index (Phi) is 10.3. The minimum atomic E-state index is -0.871. The predicted molar refractivity (Wildman–Crippen MR) is 95.9 cm³/mol. The molecule has 0 saturated heterocycles. The number of unbranched alkanes of at least 4 members (excludes halogenated alkanes) is 2. The Hall–Kier alpha value is -1.59. The van der Waals surface area contributed by atoms with Gasteiger partial charge in [0.2, 0.25) is 0 Å². The Balaban J connectivity index is 5.03. The molecule has 0 saturated carbocycles. The molecule has 0 heterocycles. The Morgan fingerprint density at radius 2 is 1.75 bits per heavy atom. The zero-order valence-electron chi connectivity index (χ0n) is 16.1. The topological polar surface area (TPSA) is 78.6 Å². The van der Waals surface area contributed by atoms with Crippen LogP contribution in [0.25, 0.3) is 0 Å². The molecule has 140 valence electrons. The van der Waals surface area contributed by atoms with E-state index in [0.717, 1.165) is 25.7 Å². The molecule has 0 spiro atoms. The summed E-state index contributed by atoms with van der Waals surface area (Å²) in [6.07, 6.45) is 3.78. The number of hydrogen-bond donors (Lipinski definition) is 2. The SMILES string of the molecule is CCCCC(C(=O)O)=[N+](CCCC)C[C@@H](C)NC(=O)OC(C)(C)C. The lowest BCUT2D eigenvalue weighted by Crippen LogP contribution is -2.43. The Labute approximate surface area is 146 Å². The van der Waals surface area contributed by atoms with Crippen LogP contribution in [0.1, 0.15) is 73.6 Å². The van der Waals surface area contributed by atoms with Gasteiger partial charge in [-0.25, -0.2) is 14.2 Å². The monoisotopic (exact) mass is 343 g/mol. The van der Waals surface area contributed by atoms with Crippen molar-refractivity contribution in [1.29, 1.82) is 0 Å². The van der Waals surface area contributed by atoms with Crippen LogP contribution in [0.5, 0.6) is 0 Å². The second kappa shape index (κ2) is 11.0. The van der Waals surface area contributed by atoms with E-state index < -0.39 is 17.7 Å². The molecule has 6 heteroatoms. The first-order valence-corrected chi connectivity index (χ1v) is 8.94. The second-order valence-corrected chi connectivity index (χ2v) is 7.20. The van der Waals surface area contributed by atoms with Gasteiger partial charge in [-0.1, -0.05) is 26.7 Å². The molecule has 0 rings (SSSR count). The number of carbonyl (C=O) groups is 2. The molecule has 0 aromatic rings. The van der Waals surface area contributed by atoms with Gasteiger partial charge in [0.15, 0.2) is 6.54 Å². The lowest BCUT2D eigenvalue weighted by Gasteiger charge is -2.21. The van der Waals surface area contributed by atoms with Crippen molar-refractivity contribution in [2.24, 2.45) is 0 Å². The summed E-state index contributed by atoms with van der Waals surface area (Å²) in [5.41, 5.74) is -0.117. The third-order valence-electron chi connectivity index (χ3n) is 3.43. The van der Waals surface area contributed by atoms with E-state index in [9.17, 15) is 14.7 Å². The summed E-state index contributed by atoms with van der Waals surface area (Å²) in [7, 11) is 0. The van der Waals surface area contributed by atoms with Crippen molar-refractivity contribution >= 4 is 17.8 Å². The summed E-state index contributed by atoms with van der Waals surface area (Å²) >= 11 is 0. The van der Waals surface area contributed by atoms with Crippen molar-refractivity contribution in [3.05, 3.63) is 0 Å². The van der Waals surface area contributed by atoms with Crippen LogP contribution in [-0.2, 0) is 9.53 Å². The van der Waals surface area contributed by atoms with Crippen molar-refractivity contribution in [1.82, 2.24) is 5.32 Å². The van der Waals surface area contributed by atoms with Crippen LogP contribution in [0.2, 0.25) is 0 Å². The first-order valence-electron chi connectivity index (χ1n) is 8.94. The average Bonchev–Trinajstić information content (AvgIpc) is 2.41. The van der Waals surface area contributed by atoms with Crippen LogP contribution >= 0.6 is 0 Å². The number of alkyl carbamates (subject to hydrolysis) is 1. The van der Waals surface area contributed by atoms with Gasteiger partial charge in [-0.15, -0.1) is 0 Å². The van der Waals surface area contributed by atoms with Crippen LogP contribution in [0.4, 0.5) is 4.79 Å². The molecular weight excluding hydrogens is 308 g/mol. The molecule has 1 amide bonds. The molecule has 0 bridgehead atoms. The molecule has 6 nitrogen and oxygen atoms in total. The molecule has 0 aromatic heterocycles. The maximum absolute atomic E-state index is 11.9. The zero-order chi connectivity index (χ0) is 18.8. The van der Waals surface area contributed by atoms with Crippen molar-refractivity contribution < 1.29 is 24.0 Å². The van der Waals surface area contributed by atoms with Crippen LogP contribution in [-0.4, -0.2) is 52.2 Å². The number of amides is 1. The van der Waals surface area contributed by atoms with Gasteiger partial charge >= 0.3 is 12.1 Å². The lowest BCUT2D eigenvalue weighted by molar-refractivity contribution is -0.531. The second-order valence-electron chi connectivity index (χ2n) is 7.20. The fraction of sp³-hybridized carbons (Fsp3) is 0.833. The molecule has 24 heavy (non-hydrogen) atoms. The van der Waals surface area contributed by atoms with Crippen LogP contribution < -0.4 is 5.32 Å². The molecule has 0 radical (unpaired) electrons. The minimum Gasteiger partial charge on any atom is -0.474 e. The van der Waals surface area contributed by atoms with E-state index >= 15 is 0 Å². The molecular formula is C18H35N2O4+. The van der Waals surface area contributed by atoms with Gasteiger partial charge in [0.1, 0.15) is 12.1 Å². The first kappa shape index (κ1) is 22.4. The van der Waals surface area contributed by atoms with E-state index in [1.54, 1.807) is 0 Å². The number of carboxylic acid groups (broad SMARTS) is 1. The molecule has 0 aliphatic carbocycles. The van der Waals surface area contributed by atoms with Crippen molar-refractivity contribution in [2.45, 2.75) is 85.3 Å². The number of carbonyl (C=O) groups excluding carboxylic acids is 1. The molecule has 2 N–H and O–H groups in total. The Morgan fingerprint density at radius 1 is 1.17 bits per heavy atom. The quantitative estimate of drug-likeness (QED) is 0.470. The highest BCUT2D eigenvalue weighted by Crippen LogP contribution is 2.07. The number of aliphatic carboxylic acids is 1.